The Hall–Kier alpha value is -2.01. The van der Waals surface area contributed by atoms with Gasteiger partial charge in [0.15, 0.2) is 0 Å². The number of pyridine rings is 1. The van der Waals surface area contributed by atoms with E-state index in [-0.39, 0.29) is 0 Å². The van der Waals surface area contributed by atoms with Gasteiger partial charge in [0.1, 0.15) is 0 Å². The van der Waals surface area contributed by atoms with Gasteiger partial charge in [0.2, 0.25) is 5.95 Å². The molecule has 1 aliphatic rings. The molecular formula is C14H17N5. The van der Waals surface area contributed by atoms with Crippen molar-refractivity contribution < 1.29 is 0 Å². The molecule has 1 atom stereocenters. The summed E-state index contributed by atoms with van der Waals surface area (Å²) in [5.74, 6) is 0.772. The summed E-state index contributed by atoms with van der Waals surface area (Å²) in [5, 5.41) is 3.35. The van der Waals surface area contributed by atoms with Crippen molar-refractivity contribution in [1.29, 1.82) is 0 Å². The second-order valence-corrected chi connectivity index (χ2v) is 4.74. The van der Waals surface area contributed by atoms with Crippen LogP contribution in [0.25, 0.3) is 11.3 Å². The molecule has 0 amide bonds. The molecule has 0 spiro atoms. The summed E-state index contributed by atoms with van der Waals surface area (Å²) in [6.45, 7) is 2.07. The third kappa shape index (κ3) is 2.56. The highest BCUT2D eigenvalue weighted by Gasteiger charge is 2.20. The van der Waals surface area contributed by atoms with Crippen molar-refractivity contribution in [3.63, 3.8) is 0 Å². The molecule has 5 heteroatoms. The Morgan fingerprint density at radius 1 is 1.21 bits per heavy atom. The average molecular weight is 255 g/mol. The maximum atomic E-state index is 4.45. The molecule has 0 saturated carbocycles. The summed E-state index contributed by atoms with van der Waals surface area (Å²) in [7, 11) is 2.05. The van der Waals surface area contributed by atoms with E-state index in [1.54, 1.807) is 6.20 Å². The molecule has 2 aromatic rings. The summed E-state index contributed by atoms with van der Waals surface area (Å²) in [6, 6.07) is 6.32. The van der Waals surface area contributed by atoms with Gasteiger partial charge in [-0.25, -0.2) is 9.97 Å². The fraction of sp³-hybridized carbons (Fsp3) is 0.357. The first-order valence-electron chi connectivity index (χ1n) is 6.51. The molecule has 0 aliphatic carbocycles. The molecule has 3 rings (SSSR count). The Bertz CT molecular complexity index is 519. The van der Waals surface area contributed by atoms with Crippen molar-refractivity contribution in [2.75, 3.05) is 25.0 Å². The summed E-state index contributed by atoms with van der Waals surface area (Å²) in [4.78, 5) is 15.3. The first-order chi connectivity index (χ1) is 9.34. The standard InChI is InChI=1S/C14H17N5/c1-19(12-5-7-15-10-12)14-17-8-11(9-18-14)13-4-2-3-6-16-13/h2-4,6,8-9,12,15H,5,7,10H2,1H3. The lowest BCUT2D eigenvalue weighted by Crippen LogP contribution is -2.34. The maximum absolute atomic E-state index is 4.45. The van der Waals surface area contributed by atoms with Crippen LogP contribution in [0.1, 0.15) is 6.42 Å². The van der Waals surface area contributed by atoms with Gasteiger partial charge in [0.05, 0.1) is 5.69 Å². The van der Waals surface area contributed by atoms with E-state index >= 15 is 0 Å². The number of aromatic nitrogens is 3. The van der Waals surface area contributed by atoms with Crippen LogP contribution in [0.15, 0.2) is 36.8 Å². The molecule has 19 heavy (non-hydrogen) atoms. The second-order valence-electron chi connectivity index (χ2n) is 4.74. The minimum Gasteiger partial charge on any atom is -0.340 e. The van der Waals surface area contributed by atoms with Crippen LogP contribution in [-0.4, -0.2) is 41.1 Å². The Kier molecular flexibility index (Phi) is 3.37. The van der Waals surface area contributed by atoms with Crippen LogP contribution in [-0.2, 0) is 0 Å². The molecule has 1 unspecified atom stereocenters. The Balaban J connectivity index is 1.79. The van der Waals surface area contributed by atoms with Crippen molar-refractivity contribution in [2.45, 2.75) is 12.5 Å². The monoisotopic (exact) mass is 255 g/mol. The molecule has 0 bridgehead atoms. The lowest BCUT2D eigenvalue weighted by atomic mass is 10.2. The lowest BCUT2D eigenvalue weighted by molar-refractivity contribution is 0.668. The third-order valence-electron chi connectivity index (χ3n) is 3.50. The average Bonchev–Trinajstić information content (AvgIpc) is 3.02. The van der Waals surface area contributed by atoms with E-state index in [4.69, 9.17) is 0 Å². The minimum absolute atomic E-state index is 0.487. The molecule has 1 N–H and O–H groups in total. The largest absolute Gasteiger partial charge is 0.340 e. The molecule has 5 nitrogen and oxygen atoms in total. The van der Waals surface area contributed by atoms with Gasteiger partial charge in [-0.05, 0) is 25.1 Å². The number of hydrogen-bond acceptors (Lipinski definition) is 5. The normalized spacial score (nSPS) is 18.5. The summed E-state index contributed by atoms with van der Waals surface area (Å²) >= 11 is 0. The molecule has 1 aliphatic heterocycles. The molecule has 0 aromatic carbocycles. The summed E-state index contributed by atoms with van der Waals surface area (Å²) < 4.78 is 0. The third-order valence-corrected chi connectivity index (χ3v) is 3.50. The molecule has 1 saturated heterocycles. The highest BCUT2D eigenvalue weighted by molar-refractivity contribution is 5.57. The zero-order valence-electron chi connectivity index (χ0n) is 11.0. The fourth-order valence-electron chi connectivity index (χ4n) is 2.30. The predicted octanol–water partition coefficient (Wildman–Crippen LogP) is 1.34. The molecule has 0 radical (unpaired) electrons. The van der Waals surface area contributed by atoms with Crippen molar-refractivity contribution in [1.82, 2.24) is 20.3 Å². The van der Waals surface area contributed by atoms with Crippen molar-refractivity contribution in [2.24, 2.45) is 0 Å². The van der Waals surface area contributed by atoms with E-state index < -0.39 is 0 Å². The smallest absolute Gasteiger partial charge is 0.225 e. The van der Waals surface area contributed by atoms with Gasteiger partial charge in [0, 0.05) is 43.8 Å². The van der Waals surface area contributed by atoms with Gasteiger partial charge < -0.3 is 10.2 Å². The van der Waals surface area contributed by atoms with Gasteiger partial charge in [-0.15, -0.1) is 0 Å². The number of nitrogens with one attached hydrogen (secondary N) is 1. The van der Waals surface area contributed by atoms with Crippen LogP contribution >= 0.6 is 0 Å². The van der Waals surface area contributed by atoms with E-state index in [1.165, 1.54) is 0 Å². The molecule has 98 valence electrons. The van der Waals surface area contributed by atoms with Crippen LogP contribution in [0.5, 0.6) is 0 Å². The minimum atomic E-state index is 0.487. The SMILES string of the molecule is CN(c1ncc(-c2ccccn2)cn1)C1CCNC1. The molecule has 3 heterocycles. The maximum Gasteiger partial charge on any atom is 0.225 e. The zero-order chi connectivity index (χ0) is 13.1. The molecule has 2 aromatic heterocycles. The van der Waals surface area contributed by atoms with Crippen LogP contribution in [0.4, 0.5) is 5.95 Å². The Morgan fingerprint density at radius 3 is 2.68 bits per heavy atom. The number of likely N-dealkylation sites (N-methyl/N-ethyl adjacent to an activating group) is 1. The van der Waals surface area contributed by atoms with Crippen molar-refractivity contribution >= 4 is 5.95 Å². The van der Waals surface area contributed by atoms with Gasteiger partial charge in [0.25, 0.3) is 0 Å². The van der Waals surface area contributed by atoms with Crippen molar-refractivity contribution in [3.05, 3.63) is 36.8 Å². The van der Waals surface area contributed by atoms with E-state index in [1.807, 2.05) is 37.6 Å². The lowest BCUT2D eigenvalue weighted by Gasteiger charge is -2.23. The first kappa shape index (κ1) is 12.0. The van der Waals surface area contributed by atoms with E-state index in [2.05, 4.69) is 25.2 Å². The zero-order valence-corrected chi connectivity index (χ0v) is 11.0. The first-order valence-corrected chi connectivity index (χ1v) is 6.51. The number of rotatable bonds is 3. The Morgan fingerprint density at radius 2 is 2.05 bits per heavy atom. The number of hydrogen-bond donors (Lipinski definition) is 1. The summed E-state index contributed by atoms with van der Waals surface area (Å²) in [6.07, 6.45) is 6.59. The number of anilines is 1. The van der Waals surface area contributed by atoms with Gasteiger partial charge >= 0.3 is 0 Å². The van der Waals surface area contributed by atoms with Crippen LogP contribution in [0.3, 0.4) is 0 Å². The Labute approximate surface area is 112 Å². The quantitative estimate of drug-likeness (QED) is 0.897. The van der Waals surface area contributed by atoms with Gasteiger partial charge in [-0.1, -0.05) is 6.07 Å². The highest BCUT2D eigenvalue weighted by atomic mass is 15.3. The van der Waals surface area contributed by atoms with Crippen LogP contribution in [0.2, 0.25) is 0 Å². The van der Waals surface area contributed by atoms with E-state index in [0.717, 1.165) is 36.7 Å². The fourth-order valence-corrected chi connectivity index (χ4v) is 2.30. The highest BCUT2D eigenvalue weighted by Crippen LogP contribution is 2.17. The van der Waals surface area contributed by atoms with E-state index in [0.29, 0.717) is 6.04 Å². The van der Waals surface area contributed by atoms with Crippen molar-refractivity contribution in [3.8, 4) is 11.3 Å². The molecular weight excluding hydrogens is 238 g/mol. The second kappa shape index (κ2) is 5.32. The van der Waals surface area contributed by atoms with Crippen LogP contribution in [0, 0.1) is 0 Å². The topological polar surface area (TPSA) is 53.9 Å². The molecule has 1 fully saturated rings. The summed E-state index contributed by atoms with van der Waals surface area (Å²) in [5.41, 5.74) is 1.85. The number of nitrogens with zero attached hydrogens (tertiary/aromatic N) is 4. The van der Waals surface area contributed by atoms with Crippen LogP contribution < -0.4 is 10.2 Å². The van der Waals surface area contributed by atoms with E-state index in [9.17, 15) is 0 Å². The van der Waals surface area contributed by atoms with Gasteiger partial charge in [-0.2, -0.15) is 0 Å². The predicted molar refractivity (Wildman–Crippen MR) is 74.9 cm³/mol. The van der Waals surface area contributed by atoms with Gasteiger partial charge in [-0.3, -0.25) is 4.98 Å².